The molecule has 1 rings (SSSR count). The Morgan fingerprint density at radius 2 is 2.00 bits per heavy atom. The van der Waals surface area contributed by atoms with Crippen LogP contribution in [0.15, 0.2) is 0 Å². The van der Waals surface area contributed by atoms with Gasteiger partial charge in [-0.05, 0) is 32.2 Å². The average molecular weight is 209 g/mol. The number of nitrogens with one attached hydrogen (secondary N) is 1. The molecule has 2 N–H and O–H groups in total. The standard InChI is InChI=1S/C13H23NO/c1-2-3-4-8-11-14-12-9-6-5-7-10-13(12)15/h1,12-15H,3-11H2. The maximum atomic E-state index is 9.86. The van der Waals surface area contributed by atoms with Crippen molar-refractivity contribution in [3.8, 4) is 12.3 Å². The van der Waals surface area contributed by atoms with Crippen LogP contribution in [0.2, 0.25) is 0 Å². The predicted octanol–water partition coefficient (Wildman–Crippen LogP) is 2.07. The first-order chi connectivity index (χ1) is 7.34. The van der Waals surface area contributed by atoms with Gasteiger partial charge in [-0.25, -0.2) is 0 Å². The molecular weight excluding hydrogens is 186 g/mol. The molecule has 2 atom stereocenters. The third kappa shape index (κ3) is 5.20. The Bertz CT molecular complexity index is 197. The minimum absolute atomic E-state index is 0.139. The van der Waals surface area contributed by atoms with Crippen molar-refractivity contribution in [2.45, 2.75) is 63.5 Å². The van der Waals surface area contributed by atoms with E-state index in [2.05, 4.69) is 11.2 Å². The second-order valence-electron chi connectivity index (χ2n) is 4.43. The van der Waals surface area contributed by atoms with Crippen LogP contribution in [0.1, 0.15) is 51.4 Å². The second-order valence-corrected chi connectivity index (χ2v) is 4.43. The highest BCUT2D eigenvalue weighted by Crippen LogP contribution is 2.17. The zero-order valence-electron chi connectivity index (χ0n) is 9.54. The van der Waals surface area contributed by atoms with Crippen molar-refractivity contribution in [1.82, 2.24) is 5.32 Å². The fourth-order valence-corrected chi connectivity index (χ4v) is 2.17. The Morgan fingerprint density at radius 1 is 1.20 bits per heavy atom. The summed E-state index contributed by atoms with van der Waals surface area (Å²) in [4.78, 5) is 0. The monoisotopic (exact) mass is 209 g/mol. The van der Waals surface area contributed by atoms with Crippen molar-refractivity contribution < 1.29 is 5.11 Å². The van der Waals surface area contributed by atoms with Crippen LogP contribution in [0.25, 0.3) is 0 Å². The van der Waals surface area contributed by atoms with Gasteiger partial charge in [0.1, 0.15) is 0 Å². The molecular formula is C13H23NO. The van der Waals surface area contributed by atoms with Gasteiger partial charge in [0.15, 0.2) is 0 Å². The molecule has 2 unspecified atom stereocenters. The van der Waals surface area contributed by atoms with Crippen molar-refractivity contribution in [3.05, 3.63) is 0 Å². The van der Waals surface area contributed by atoms with Gasteiger partial charge in [-0.15, -0.1) is 12.3 Å². The molecule has 2 nitrogen and oxygen atoms in total. The Balaban J connectivity index is 2.10. The van der Waals surface area contributed by atoms with Gasteiger partial charge in [-0.3, -0.25) is 0 Å². The van der Waals surface area contributed by atoms with Gasteiger partial charge in [0.25, 0.3) is 0 Å². The van der Waals surface area contributed by atoms with E-state index in [0.29, 0.717) is 6.04 Å². The highest BCUT2D eigenvalue weighted by atomic mass is 16.3. The number of terminal acetylenes is 1. The molecule has 0 aromatic heterocycles. The number of hydrogen-bond acceptors (Lipinski definition) is 2. The average Bonchev–Trinajstić information content (AvgIpc) is 2.44. The molecule has 86 valence electrons. The Morgan fingerprint density at radius 3 is 2.80 bits per heavy atom. The maximum absolute atomic E-state index is 9.86. The van der Waals surface area contributed by atoms with E-state index in [1.807, 2.05) is 0 Å². The largest absolute Gasteiger partial charge is 0.392 e. The van der Waals surface area contributed by atoms with Crippen LogP contribution in [0.4, 0.5) is 0 Å². The summed E-state index contributed by atoms with van der Waals surface area (Å²) in [6, 6.07) is 0.318. The quantitative estimate of drug-likeness (QED) is 0.413. The van der Waals surface area contributed by atoms with Gasteiger partial charge in [0, 0.05) is 12.5 Å². The van der Waals surface area contributed by atoms with Crippen molar-refractivity contribution in [2.75, 3.05) is 6.54 Å². The summed E-state index contributed by atoms with van der Waals surface area (Å²) in [6.45, 7) is 0.989. The predicted molar refractivity (Wildman–Crippen MR) is 63.6 cm³/mol. The first-order valence-electron chi connectivity index (χ1n) is 6.19. The van der Waals surface area contributed by atoms with Gasteiger partial charge in [0.05, 0.1) is 6.10 Å². The van der Waals surface area contributed by atoms with Gasteiger partial charge in [0.2, 0.25) is 0 Å². The van der Waals surface area contributed by atoms with E-state index >= 15 is 0 Å². The third-order valence-corrected chi connectivity index (χ3v) is 3.13. The van der Waals surface area contributed by atoms with E-state index in [0.717, 1.165) is 38.6 Å². The van der Waals surface area contributed by atoms with Gasteiger partial charge >= 0.3 is 0 Å². The van der Waals surface area contributed by atoms with Gasteiger partial charge < -0.3 is 10.4 Å². The Kier molecular flexibility index (Phi) is 6.47. The number of rotatable bonds is 5. The molecule has 1 aliphatic rings. The molecule has 1 saturated carbocycles. The molecule has 0 aromatic carbocycles. The molecule has 1 aliphatic carbocycles. The van der Waals surface area contributed by atoms with E-state index in [1.54, 1.807) is 0 Å². The summed E-state index contributed by atoms with van der Waals surface area (Å²) < 4.78 is 0. The fourth-order valence-electron chi connectivity index (χ4n) is 2.17. The van der Waals surface area contributed by atoms with Crippen molar-refractivity contribution >= 4 is 0 Å². The maximum Gasteiger partial charge on any atom is 0.0693 e. The van der Waals surface area contributed by atoms with Crippen molar-refractivity contribution in [2.24, 2.45) is 0 Å². The lowest BCUT2D eigenvalue weighted by Gasteiger charge is -2.21. The van der Waals surface area contributed by atoms with Crippen LogP contribution < -0.4 is 5.32 Å². The zero-order chi connectivity index (χ0) is 10.9. The van der Waals surface area contributed by atoms with E-state index in [1.165, 1.54) is 19.3 Å². The summed E-state index contributed by atoms with van der Waals surface area (Å²) in [5.74, 6) is 2.65. The van der Waals surface area contributed by atoms with Crippen LogP contribution in [0.3, 0.4) is 0 Å². The molecule has 0 bridgehead atoms. The number of aliphatic hydroxyl groups is 1. The summed E-state index contributed by atoms with van der Waals surface area (Å²) in [6.07, 6.45) is 13.9. The minimum Gasteiger partial charge on any atom is -0.392 e. The van der Waals surface area contributed by atoms with E-state index < -0.39 is 0 Å². The molecule has 15 heavy (non-hydrogen) atoms. The summed E-state index contributed by atoms with van der Waals surface area (Å²) >= 11 is 0. The lowest BCUT2D eigenvalue weighted by molar-refractivity contribution is 0.120. The molecule has 2 heteroatoms. The second kappa shape index (κ2) is 7.73. The van der Waals surface area contributed by atoms with Gasteiger partial charge in [-0.1, -0.05) is 19.3 Å². The lowest BCUT2D eigenvalue weighted by Crippen LogP contribution is -2.39. The Hall–Kier alpha value is -0.520. The topological polar surface area (TPSA) is 32.3 Å². The number of aliphatic hydroxyl groups excluding tert-OH is 1. The highest BCUT2D eigenvalue weighted by molar-refractivity contribution is 4.83. The van der Waals surface area contributed by atoms with Crippen molar-refractivity contribution in [1.29, 1.82) is 0 Å². The molecule has 0 aromatic rings. The molecule has 0 aliphatic heterocycles. The van der Waals surface area contributed by atoms with Crippen LogP contribution >= 0.6 is 0 Å². The van der Waals surface area contributed by atoms with Crippen molar-refractivity contribution in [3.63, 3.8) is 0 Å². The lowest BCUT2D eigenvalue weighted by atomic mass is 10.1. The summed E-state index contributed by atoms with van der Waals surface area (Å²) in [5, 5.41) is 13.3. The first kappa shape index (κ1) is 12.5. The summed E-state index contributed by atoms with van der Waals surface area (Å²) in [7, 11) is 0. The van der Waals surface area contributed by atoms with Crippen LogP contribution in [-0.2, 0) is 0 Å². The van der Waals surface area contributed by atoms with Gasteiger partial charge in [-0.2, -0.15) is 0 Å². The fraction of sp³-hybridized carbons (Fsp3) is 0.846. The van der Waals surface area contributed by atoms with E-state index in [-0.39, 0.29) is 6.10 Å². The zero-order valence-corrected chi connectivity index (χ0v) is 9.54. The smallest absolute Gasteiger partial charge is 0.0693 e. The highest BCUT2D eigenvalue weighted by Gasteiger charge is 2.20. The number of unbranched alkanes of at least 4 members (excludes halogenated alkanes) is 2. The molecule has 0 amide bonds. The van der Waals surface area contributed by atoms with E-state index in [9.17, 15) is 5.11 Å². The minimum atomic E-state index is -0.139. The van der Waals surface area contributed by atoms with Crippen LogP contribution in [0, 0.1) is 12.3 Å². The van der Waals surface area contributed by atoms with E-state index in [4.69, 9.17) is 6.42 Å². The molecule has 1 fully saturated rings. The molecule has 0 heterocycles. The SMILES string of the molecule is C#CCCCCNC1CCCCCC1O. The molecule has 0 spiro atoms. The Labute approximate surface area is 93.5 Å². The summed E-state index contributed by atoms with van der Waals surface area (Å²) in [5.41, 5.74) is 0. The van der Waals surface area contributed by atoms with Crippen LogP contribution in [-0.4, -0.2) is 23.8 Å². The normalized spacial score (nSPS) is 26.9. The first-order valence-corrected chi connectivity index (χ1v) is 6.19. The molecule has 0 radical (unpaired) electrons. The number of hydrogen-bond donors (Lipinski definition) is 2. The third-order valence-electron chi connectivity index (χ3n) is 3.13. The van der Waals surface area contributed by atoms with Crippen LogP contribution in [0.5, 0.6) is 0 Å². The molecule has 0 saturated heterocycles.